The highest BCUT2D eigenvalue weighted by molar-refractivity contribution is 5.85. The predicted octanol–water partition coefficient (Wildman–Crippen LogP) is 0.878. The van der Waals surface area contributed by atoms with Crippen molar-refractivity contribution in [1.29, 1.82) is 0 Å². The van der Waals surface area contributed by atoms with Crippen LogP contribution in [0.25, 0.3) is 0 Å². The Kier molecular flexibility index (Phi) is 7.87. The van der Waals surface area contributed by atoms with Crippen molar-refractivity contribution in [3.8, 4) is 0 Å². The molecule has 0 aromatic carbocycles. The molecule has 2 heterocycles. The lowest BCUT2D eigenvalue weighted by Gasteiger charge is -2.39. The summed E-state index contributed by atoms with van der Waals surface area (Å²) in [5.74, 6) is 0. The van der Waals surface area contributed by atoms with Crippen molar-refractivity contribution in [3.63, 3.8) is 0 Å². The summed E-state index contributed by atoms with van der Waals surface area (Å²) in [6.45, 7) is 5.33. The third-order valence-corrected chi connectivity index (χ3v) is 3.41. The van der Waals surface area contributed by atoms with Crippen molar-refractivity contribution >= 4 is 30.9 Å². The Hall–Kier alpha value is -0.230. The molecule has 2 N–H and O–H groups in total. The molecule has 17 heavy (non-hydrogen) atoms. The van der Waals surface area contributed by atoms with Crippen molar-refractivity contribution < 1.29 is 9.90 Å². The number of piperazine rings is 1. The largest absolute Gasteiger partial charge is 0.465 e. The number of hydrogen-bond donors (Lipinski definition) is 2. The third-order valence-electron chi connectivity index (χ3n) is 3.41. The lowest BCUT2D eigenvalue weighted by molar-refractivity contribution is 0.0755. The first-order valence-electron chi connectivity index (χ1n) is 5.70. The molecule has 0 aromatic heterocycles. The lowest BCUT2D eigenvalue weighted by Crippen LogP contribution is -2.53. The van der Waals surface area contributed by atoms with Crippen LogP contribution < -0.4 is 5.32 Å². The first kappa shape index (κ1) is 16.8. The SMILES string of the molecule is Cl.Cl.O=C(O)N1CCN(C2CCNCC2)CC1. The average molecular weight is 286 g/mol. The topological polar surface area (TPSA) is 55.8 Å². The fourth-order valence-electron chi connectivity index (χ4n) is 2.45. The van der Waals surface area contributed by atoms with Crippen molar-refractivity contribution in [2.24, 2.45) is 0 Å². The van der Waals surface area contributed by atoms with Gasteiger partial charge in [-0.25, -0.2) is 4.79 Å². The smallest absolute Gasteiger partial charge is 0.407 e. The highest BCUT2D eigenvalue weighted by Crippen LogP contribution is 2.14. The summed E-state index contributed by atoms with van der Waals surface area (Å²) in [5.41, 5.74) is 0. The molecule has 0 saturated carbocycles. The molecule has 5 nitrogen and oxygen atoms in total. The van der Waals surface area contributed by atoms with E-state index in [1.807, 2.05) is 0 Å². The zero-order valence-corrected chi connectivity index (χ0v) is 11.4. The van der Waals surface area contributed by atoms with Gasteiger partial charge in [0.15, 0.2) is 0 Å². The normalized spacial score (nSPS) is 22.5. The molecular formula is C10H21Cl2N3O2. The second-order valence-electron chi connectivity index (χ2n) is 4.29. The number of carboxylic acid groups (broad SMARTS) is 1. The van der Waals surface area contributed by atoms with E-state index in [0.717, 1.165) is 26.2 Å². The molecular weight excluding hydrogens is 265 g/mol. The number of nitrogens with zero attached hydrogens (tertiary/aromatic N) is 2. The van der Waals surface area contributed by atoms with E-state index in [1.165, 1.54) is 17.7 Å². The Morgan fingerprint density at radius 2 is 1.59 bits per heavy atom. The van der Waals surface area contributed by atoms with E-state index in [9.17, 15) is 4.79 Å². The summed E-state index contributed by atoms with van der Waals surface area (Å²) >= 11 is 0. The predicted molar refractivity (Wildman–Crippen MR) is 71.6 cm³/mol. The van der Waals surface area contributed by atoms with Gasteiger partial charge in [0.05, 0.1) is 0 Å². The van der Waals surface area contributed by atoms with E-state index in [4.69, 9.17) is 5.11 Å². The molecule has 2 aliphatic rings. The third kappa shape index (κ3) is 4.50. The molecule has 102 valence electrons. The van der Waals surface area contributed by atoms with E-state index < -0.39 is 6.09 Å². The standard InChI is InChI=1S/C10H19N3O2.2ClH/c14-10(15)13-7-5-12(6-8-13)9-1-3-11-4-2-9;;/h9,11H,1-8H2,(H,14,15);2*1H. The van der Waals surface area contributed by atoms with Crippen LogP contribution in [0.4, 0.5) is 4.79 Å². The zero-order chi connectivity index (χ0) is 10.7. The summed E-state index contributed by atoms with van der Waals surface area (Å²) in [4.78, 5) is 14.7. The van der Waals surface area contributed by atoms with Gasteiger partial charge in [0.25, 0.3) is 0 Å². The fourth-order valence-corrected chi connectivity index (χ4v) is 2.45. The maximum absolute atomic E-state index is 10.7. The van der Waals surface area contributed by atoms with Crippen molar-refractivity contribution in [2.75, 3.05) is 39.3 Å². The summed E-state index contributed by atoms with van der Waals surface area (Å²) in [6, 6.07) is 0.669. The molecule has 2 rings (SSSR count). The minimum Gasteiger partial charge on any atom is -0.465 e. The average Bonchev–Trinajstić information content (AvgIpc) is 2.30. The summed E-state index contributed by atoms with van der Waals surface area (Å²) in [5, 5.41) is 12.2. The van der Waals surface area contributed by atoms with E-state index in [2.05, 4.69) is 10.2 Å². The van der Waals surface area contributed by atoms with Gasteiger partial charge in [-0.05, 0) is 25.9 Å². The van der Waals surface area contributed by atoms with E-state index in [1.54, 1.807) is 0 Å². The van der Waals surface area contributed by atoms with Crippen molar-refractivity contribution in [3.05, 3.63) is 0 Å². The van der Waals surface area contributed by atoms with Crippen molar-refractivity contribution in [1.82, 2.24) is 15.1 Å². The van der Waals surface area contributed by atoms with Crippen LogP contribution in [-0.2, 0) is 0 Å². The number of carbonyl (C=O) groups is 1. The van der Waals surface area contributed by atoms with Gasteiger partial charge in [-0.15, -0.1) is 24.8 Å². The van der Waals surface area contributed by atoms with Crippen LogP contribution in [0.1, 0.15) is 12.8 Å². The first-order valence-corrected chi connectivity index (χ1v) is 5.70. The van der Waals surface area contributed by atoms with Gasteiger partial charge in [-0.2, -0.15) is 0 Å². The fraction of sp³-hybridized carbons (Fsp3) is 0.900. The van der Waals surface area contributed by atoms with Gasteiger partial charge >= 0.3 is 6.09 Å². The van der Waals surface area contributed by atoms with Gasteiger partial charge in [0, 0.05) is 32.2 Å². The van der Waals surface area contributed by atoms with Crippen LogP contribution in [0.15, 0.2) is 0 Å². The maximum Gasteiger partial charge on any atom is 0.407 e. The monoisotopic (exact) mass is 285 g/mol. The van der Waals surface area contributed by atoms with Crippen LogP contribution in [0.2, 0.25) is 0 Å². The van der Waals surface area contributed by atoms with E-state index in [0.29, 0.717) is 19.1 Å². The molecule has 2 fully saturated rings. The first-order chi connectivity index (χ1) is 7.27. The molecule has 2 aliphatic heterocycles. The Bertz CT molecular complexity index is 230. The summed E-state index contributed by atoms with van der Waals surface area (Å²) in [7, 11) is 0. The van der Waals surface area contributed by atoms with Gasteiger partial charge < -0.3 is 15.3 Å². The van der Waals surface area contributed by atoms with Gasteiger partial charge in [-0.3, -0.25) is 4.90 Å². The number of rotatable bonds is 1. The molecule has 2 saturated heterocycles. The number of halogens is 2. The molecule has 0 spiro atoms. The van der Waals surface area contributed by atoms with Gasteiger partial charge in [-0.1, -0.05) is 0 Å². The molecule has 0 atom stereocenters. The second kappa shape index (κ2) is 7.97. The van der Waals surface area contributed by atoms with E-state index >= 15 is 0 Å². The number of piperidine rings is 1. The Balaban J connectivity index is 0.00000128. The second-order valence-corrected chi connectivity index (χ2v) is 4.29. The zero-order valence-electron chi connectivity index (χ0n) is 9.80. The Morgan fingerprint density at radius 1 is 1.06 bits per heavy atom. The van der Waals surface area contributed by atoms with Crippen LogP contribution in [0.5, 0.6) is 0 Å². The molecule has 0 bridgehead atoms. The Labute approximate surface area is 114 Å². The number of amides is 1. The quantitative estimate of drug-likeness (QED) is 0.751. The molecule has 0 aromatic rings. The number of nitrogens with one attached hydrogen (secondary N) is 1. The lowest BCUT2D eigenvalue weighted by atomic mass is 10.0. The molecule has 0 unspecified atom stereocenters. The minimum absolute atomic E-state index is 0. The van der Waals surface area contributed by atoms with E-state index in [-0.39, 0.29) is 24.8 Å². The highest BCUT2D eigenvalue weighted by Gasteiger charge is 2.26. The number of hydrogen-bond acceptors (Lipinski definition) is 3. The maximum atomic E-state index is 10.7. The van der Waals surface area contributed by atoms with Crippen LogP contribution >= 0.6 is 24.8 Å². The highest BCUT2D eigenvalue weighted by atomic mass is 35.5. The van der Waals surface area contributed by atoms with Crippen LogP contribution in [0, 0.1) is 0 Å². The van der Waals surface area contributed by atoms with Crippen LogP contribution in [-0.4, -0.2) is 66.3 Å². The molecule has 0 aliphatic carbocycles. The van der Waals surface area contributed by atoms with Gasteiger partial charge in [0.2, 0.25) is 0 Å². The molecule has 1 amide bonds. The minimum atomic E-state index is -0.778. The summed E-state index contributed by atoms with van der Waals surface area (Å²) < 4.78 is 0. The van der Waals surface area contributed by atoms with Gasteiger partial charge in [0.1, 0.15) is 0 Å². The van der Waals surface area contributed by atoms with Crippen LogP contribution in [0.3, 0.4) is 0 Å². The Morgan fingerprint density at radius 3 is 2.06 bits per heavy atom. The van der Waals surface area contributed by atoms with Crippen molar-refractivity contribution in [2.45, 2.75) is 18.9 Å². The summed E-state index contributed by atoms with van der Waals surface area (Å²) in [6.07, 6.45) is 1.63. The molecule has 7 heteroatoms. The molecule has 0 radical (unpaired) electrons.